The van der Waals surface area contributed by atoms with Gasteiger partial charge < -0.3 is 4.90 Å². The Morgan fingerprint density at radius 2 is 1.95 bits per heavy atom. The predicted molar refractivity (Wildman–Crippen MR) is 90.1 cm³/mol. The Morgan fingerprint density at radius 1 is 1.27 bits per heavy atom. The summed E-state index contributed by atoms with van der Waals surface area (Å²) in [5, 5.41) is 0. The summed E-state index contributed by atoms with van der Waals surface area (Å²) in [6.45, 7) is 7.89. The van der Waals surface area contributed by atoms with Crippen molar-refractivity contribution in [3.8, 4) is 0 Å². The van der Waals surface area contributed by atoms with Crippen LogP contribution in [0.4, 0.5) is 0 Å². The molecule has 0 aromatic heterocycles. The van der Waals surface area contributed by atoms with Gasteiger partial charge in [-0.05, 0) is 38.0 Å². The van der Waals surface area contributed by atoms with Gasteiger partial charge in [0.2, 0.25) is 15.9 Å². The molecule has 0 spiro atoms. The molecule has 1 fully saturated rings. The van der Waals surface area contributed by atoms with Crippen molar-refractivity contribution in [1.29, 1.82) is 0 Å². The summed E-state index contributed by atoms with van der Waals surface area (Å²) >= 11 is 0. The van der Waals surface area contributed by atoms with Gasteiger partial charge in [0, 0.05) is 32.1 Å². The number of piperidine rings is 1. The molecule has 5 nitrogen and oxygen atoms in total. The summed E-state index contributed by atoms with van der Waals surface area (Å²) in [6, 6.07) is 0.337. The zero-order valence-corrected chi connectivity index (χ0v) is 15.4. The standard InChI is InChI=1S/C16H32N2O3S/c1-5-15-8-6-7-11-18(15)16(19)10-13-17(22(4,20)21)12-9-14(2)3/h14-15H,5-13H2,1-4H3. The number of carbonyl (C=O) groups is 1. The van der Waals surface area contributed by atoms with Crippen LogP contribution in [-0.2, 0) is 14.8 Å². The number of amides is 1. The number of hydrogen-bond acceptors (Lipinski definition) is 3. The summed E-state index contributed by atoms with van der Waals surface area (Å²) in [6.07, 6.45) is 6.65. The van der Waals surface area contributed by atoms with Crippen molar-refractivity contribution in [3.63, 3.8) is 0 Å². The lowest BCUT2D eigenvalue weighted by molar-refractivity contribution is -0.135. The molecule has 1 heterocycles. The van der Waals surface area contributed by atoms with E-state index in [9.17, 15) is 13.2 Å². The predicted octanol–water partition coefficient (Wildman–Crippen LogP) is 2.48. The smallest absolute Gasteiger partial charge is 0.224 e. The lowest BCUT2D eigenvalue weighted by Gasteiger charge is -2.35. The molecule has 0 bridgehead atoms. The molecule has 1 saturated heterocycles. The fourth-order valence-electron chi connectivity index (χ4n) is 2.96. The molecule has 0 N–H and O–H groups in total. The molecule has 1 amide bonds. The molecule has 0 saturated carbocycles. The Hall–Kier alpha value is -0.620. The topological polar surface area (TPSA) is 57.7 Å². The number of carbonyl (C=O) groups excluding carboxylic acids is 1. The molecular formula is C16H32N2O3S. The van der Waals surface area contributed by atoms with Crippen LogP contribution in [-0.4, -0.2) is 55.5 Å². The van der Waals surface area contributed by atoms with Crippen molar-refractivity contribution in [1.82, 2.24) is 9.21 Å². The molecule has 1 atom stereocenters. The average molecular weight is 333 g/mol. The van der Waals surface area contributed by atoms with Crippen molar-refractivity contribution >= 4 is 15.9 Å². The maximum absolute atomic E-state index is 12.4. The van der Waals surface area contributed by atoms with E-state index in [2.05, 4.69) is 20.8 Å². The van der Waals surface area contributed by atoms with E-state index in [1.54, 1.807) is 0 Å². The highest BCUT2D eigenvalue weighted by Gasteiger charge is 2.26. The van der Waals surface area contributed by atoms with Gasteiger partial charge in [0.25, 0.3) is 0 Å². The Balaban J connectivity index is 2.57. The third-order valence-corrected chi connectivity index (χ3v) is 5.72. The van der Waals surface area contributed by atoms with E-state index < -0.39 is 10.0 Å². The molecule has 0 aromatic rings. The molecule has 6 heteroatoms. The molecule has 22 heavy (non-hydrogen) atoms. The molecule has 0 aliphatic carbocycles. The van der Waals surface area contributed by atoms with Crippen LogP contribution in [0.1, 0.15) is 59.3 Å². The maximum Gasteiger partial charge on any atom is 0.224 e. The van der Waals surface area contributed by atoms with Crippen molar-refractivity contribution < 1.29 is 13.2 Å². The van der Waals surface area contributed by atoms with Gasteiger partial charge in [0.15, 0.2) is 0 Å². The van der Waals surface area contributed by atoms with Crippen molar-refractivity contribution in [2.45, 2.75) is 65.3 Å². The summed E-state index contributed by atoms with van der Waals surface area (Å²) in [4.78, 5) is 14.4. The zero-order valence-electron chi connectivity index (χ0n) is 14.5. The normalized spacial score (nSPS) is 19.9. The van der Waals surface area contributed by atoms with Crippen LogP contribution >= 0.6 is 0 Å². The number of nitrogens with zero attached hydrogens (tertiary/aromatic N) is 2. The molecule has 0 aromatic carbocycles. The minimum absolute atomic E-state index is 0.102. The van der Waals surface area contributed by atoms with Gasteiger partial charge in [-0.2, -0.15) is 0 Å². The molecule has 1 aliphatic rings. The second-order valence-corrected chi connectivity index (χ2v) is 8.72. The monoisotopic (exact) mass is 332 g/mol. The summed E-state index contributed by atoms with van der Waals surface area (Å²) < 4.78 is 25.2. The van der Waals surface area contributed by atoms with Crippen LogP contribution in [0.2, 0.25) is 0 Å². The van der Waals surface area contributed by atoms with E-state index >= 15 is 0 Å². The highest BCUT2D eigenvalue weighted by molar-refractivity contribution is 7.88. The molecule has 130 valence electrons. The first-order chi connectivity index (χ1) is 10.3. The van der Waals surface area contributed by atoms with Crippen molar-refractivity contribution in [2.75, 3.05) is 25.9 Å². The van der Waals surface area contributed by atoms with E-state index in [0.717, 1.165) is 32.2 Å². The first kappa shape index (κ1) is 19.4. The number of rotatable bonds is 8. The minimum Gasteiger partial charge on any atom is -0.340 e. The first-order valence-corrected chi connectivity index (χ1v) is 10.3. The first-order valence-electron chi connectivity index (χ1n) is 8.50. The lowest BCUT2D eigenvalue weighted by atomic mass is 9.99. The van der Waals surface area contributed by atoms with E-state index in [-0.39, 0.29) is 5.91 Å². The average Bonchev–Trinajstić information content (AvgIpc) is 2.45. The van der Waals surface area contributed by atoms with Crippen LogP contribution in [0, 0.1) is 5.92 Å². The summed E-state index contributed by atoms with van der Waals surface area (Å²) in [7, 11) is -3.24. The Kier molecular flexibility index (Phi) is 7.83. The fraction of sp³-hybridized carbons (Fsp3) is 0.938. The summed E-state index contributed by atoms with van der Waals surface area (Å²) in [5.41, 5.74) is 0. The minimum atomic E-state index is -3.24. The Labute approximate surface area is 136 Å². The molecule has 1 unspecified atom stereocenters. The van der Waals surface area contributed by atoms with Gasteiger partial charge in [-0.1, -0.05) is 20.8 Å². The maximum atomic E-state index is 12.4. The largest absolute Gasteiger partial charge is 0.340 e. The van der Waals surface area contributed by atoms with Gasteiger partial charge in [0.1, 0.15) is 0 Å². The molecule has 1 aliphatic heterocycles. The number of sulfonamides is 1. The molecule has 1 rings (SSSR count). The number of likely N-dealkylation sites (tertiary alicyclic amines) is 1. The molecule has 0 radical (unpaired) electrons. The number of hydrogen-bond donors (Lipinski definition) is 0. The summed E-state index contributed by atoms with van der Waals surface area (Å²) in [5.74, 6) is 0.552. The van der Waals surface area contributed by atoms with E-state index in [0.29, 0.717) is 31.5 Å². The molecular weight excluding hydrogens is 300 g/mol. The third-order valence-electron chi connectivity index (χ3n) is 4.42. The second kappa shape index (κ2) is 8.87. The fourth-order valence-corrected chi connectivity index (χ4v) is 3.82. The van der Waals surface area contributed by atoms with Crippen LogP contribution in [0.3, 0.4) is 0 Å². The van der Waals surface area contributed by atoms with Gasteiger partial charge in [0.05, 0.1) is 6.26 Å². The van der Waals surface area contributed by atoms with Gasteiger partial charge in [-0.15, -0.1) is 0 Å². The van der Waals surface area contributed by atoms with Gasteiger partial charge in [-0.25, -0.2) is 12.7 Å². The third kappa shape index (κ3) is 6.24. The second-order valence-electron chi connectivity index (χ2n) is 6.74. The Morgan fingerprint density at radius 3 is 2.50 bits per heavy atom. The lowest BCUT2D eigenvalue weighted by Crippen LogP contribution is -2.45. The van der Waals surface area contributed by atoms with Crippen LogP contribution in [0.15, 0.2) is 0 Å². The quantitative estimate of drug-likeness (QED) is 0.686. The van der Waals surface area contributed by atoms with E-state index in [1.807, 2.05) is 4.90 Å². The van der Waals surface area contributed by atoms with E-state index in [1.165, 1.54) is 17.0 Å². The van der Waals surface area contributed by atoms with Crippen molar-refractivity contribution in [2.24, 2.45) is 5.92 Å². The van der Waals surface area contributed by atoms with Crippen LogP contribution in [0.5, 0.6) is 0 Å². The van der Waals surface area contributed by atoms with Crippen molar-refractivity contribution in [3.05, 3.63) is 0 Å². The highest BCUT2D eigenvalue weighted by Crippen LogP contribution is 2.20. The highest BCUT2D eigenvalue weighted by atomic mass is 32.2. The SMILES string of the molecule is CCC1CCCCN1C(=O)CCN(CCC(C)C)S(C)(=O)=O. The van der Waals surface area contributed by atoms with Gasteiger partial charge >= 0.3 is 0 Å². The van der Waals surface area contributed by atoms with Crippen LogP contribution in [0.25, 0.3) is 0 Å². The zero-order chi connectivity index (χ0) is 16.8. The van der Waals surface area contributed by atoms with E-state index in [4.69, 9.17) is 0 Å². The Bertz CT molecular complexity index is 448. The van der Waals surface area contributed by atoms with Crippen LogP contribution < -0.4 is 0 Å². The van der Waals surface area contributed by atoms with Gasteiger partial charge in [-0.3, -0.25) is 4.79 Å².